The van der Waals surface area contributed by atoms with Crippen LogP contribution >= 0.6 is 11.5 Å². The van der Waals surface area contributed by atoms with Gasteiger partial charge in [0, 0.05) is 17.6 Å². The second-order valence-electron chi connectivity index (χ2n) is 2.86. The Bertz CT molecular complexity index is 461. The van der Waals surface area contributed by atoms with E-state index in [1.165, 1.54) is 11.5 Å². The van der Waals surface area contributed by atoms with Crippen LogP contribution in [0.1, 0.15) is 0 Å². The van der Waals surface area contributed by atoms with Crippen LogP contribution in [0.4, 0.5) is 10.8 Å². The Morgan fingerprint density at radius 1 is 1.25 bits per heavy atom. The topological polar surface area (TPSA) is 69.2 Å². The summed E-state index contributed by atoms with van der Waals surface area (Å²) in [6, 6.07) is 5.46. The first-order chi connectivity index (χ1) is 7.83. The maximum absolute atomic E-state index is 5.21. The van der Waals surface area contributed by atoms with Gasteiger partial charge in [-0.3, -0.25) is 0 Å². The van der Waals surface area contributed by atoms with Crippen LogP contribution in [-0.4, -0.2) is 29.0 Å². The van der Waals surface area contributed by atoms with Crippen LogP contribution in [-0.2, 0) is 0 Å². The van der Waals surface area contributed by atoms with E-state index in [9.17, 15) is 0 Å². The molecular weight excluding hydrogens is 228 g/mol. The second-order valence-corrected chi connectivity index (χ2v) is 3.59. The number of methoxy groups -OCH3 is 2. The molecule has 1 heterocycles. The van der Waals surface area contributed by atoms with Gasteiger partial charge in [-0.2, -0.15) is 0 Å². The number of nitrogens with one attached hydrogen (secondary N) is 1. The van der Waals surface area contributed by atoms with Gasteiger partial charge in [0.05, 0.1) is 19.9 Å². The first kappa shape index (κ1) is 10.6. The van der Waals surface area contributed by atoms with Crippen LogP contribution in [0, 0.1) is 0 Å². The molecule has 84 valence electrons. The third-order valence-electron chi connectivity index (χ3n) is 1.95. The van der Waals surface area contributed by atoms with Crippen molar-refractivity contribution in [1.29, 1.82) is 0 Å². The number of hydrogen-bond acceptors (Lipinski definition) is 7. The first-order valence-electron chi connectivity index (χ1n) is 4.47. The van der Waals surface area contributed by atoms with E-state index in [1.54, 1.807) is 14.2 Å². The molecule has 1 aromatic heterocycles. The van der Waals surface area contributed by atoms with Crippen molar-refractivity contribution in [2.24, 2.45) is 0 Å². The summed E-state index contributed by atoms with van der Waals surface area (Å²) in [6.07, 6.45) is 0. The Morgan fingerprint density at radius 3 is 2.75 bits per heavy atom. The fraction of sp³-hybridized carbons (Fsp3) is 0.222. The van der Waals surface area contributed by atoms with Crippen LogP contribution in [0.2, 0.25) is 0 Å². The molecule has 0 aliphatic rings. The highest BCUT2D eigenvalue weighted by atomic mass is 32.1. The lowest BCUT2D eigenvalue weighted by molar-refractivity contribution is 0.405. The third-order valence-corrected chi connectivity index (χ3v) is 2.46. The lowest BCUT2D eigenvalue weighted by atomic mass is 10.3. The van der Waals surface area contributed by atoms with Gasteiger partial charge in [0.1, 0.15) is 11.5 Å². The predicted octanol–water partition coefficient (Wildman–Crippen LogP) is 1.69. The molecule has 0 radical (unpaired) electrons. The molecule has 2 aromatic rings. The smallest absolute Gasteiger partial charge is 0.229 e. The normalized spacial score (nSPS) is 9.88. The van der Waals surface area contributed by atoms with Gasteiger partial charge in [-0.15, -0.1) is 0 Å². The first-order valence-corrected chi connectivity index (χ1v) is 5.25. The van der Waals surface area contributed by atoms with Crippen LogP contribution in [0.25, 0.3) is 0 Å². The summed E-state index contributed by atoms with van der Waals surface area (Å²) in [5.41, 5.74) is 0.764. The number of aromatic nitrogens is 3. The van der Waals surface area contributed by atoms with E-state index in [1.807, 2.05) is 18.2 Å². The largest absolute Gasteiger partial charge is 0.497 e. The minimum absolute atomic E-state index is 0.603. The van der Waals surface area contributed by atoms with E-state index in [2.05, 4.69) is 20.1 Å². The number of ether oxygens (including phenoxy) is 2. The molecule has 0 saturated heterocycles. The lowest BCUT2D eigenvalue weighted by Crippen LogP contribution is -1.95. The summed E-state index contributed by atoms with van der Waals surface area (Å²) >= 11 is 1.17. The van der Waals surface area contributed by atoms with Crippen molar-refractivity contribution >= 4 is 22.4 Å². The van der Waals surface area contributed by atoms with E-state index < -0.39 is 0 Å². The van der Waals surface area contributed by atoms with Crippen LogP contribution < -0.4 is 14.8 Å². The quantitative estimate of drug-likeness (QED) is 0.874. The average Bonchev–Trinajstić information content (AvgIpc) is 2.82. The SMILES string of the molecule is COc1ccc(OC)c(Nc2nnns2)c1. The lowest BCUT2D eigenvalue weighted by Gasteiger charge is -2.09. The van der Waals surface area contributed by atoms with Gasteiger partial charge < -0.3 is 14.8 Å². The summed E-state index contributed by atoms with van der Waals surface area (Å²) in [6.45, 7) is 0. The molecule has 6 nitrogen and oxygen atoms in total. The average molecular weight is 238 g/mol. The molecule has 1 aromatic carbocycles. The van der Waals surface area contributed by atoms with Crippen molar-refractivity contribution in [3.05, 3.63) is 18.2 Å². The van der Waals surface area contributed by atoms with Crippen molar-refractivity contribution in [3.8, 4) is 11.5 Å². The zero-order valence-corrected chi connectivity index (χ0v) is 9.61. The summed E-state index contributed by atoms with van der Waals surface area (Å²) in [5, 5.41) is 11.0. The Morgan fingerprint density at radius 2 is 2.12 bits per heavy atom. The fourth-order valence-electron chi connectivity index (χ4n) is 1.21. The standard InChI is InChI=1S/C9H10N4O2S/c1-14-6-3-4-8(15-2)7(5-6)10-9-11-12-13-16-9/h3-5H,1-2H3,(H,10,11,13). The number of nitrogens with zero attached hydrogens (tertiary/aromatic N) is 3. The van der Waals surface area contributed by atoms with Gasteiger partial charge in [-0.25, -0.2) is 0 Å². The van der Waals surface area contributed by atoms with Gasteiger partial charge >= 0.3 is 0 Å². The predicted molar refractivity (Wildman–Crippen MR) is 60.5 cm³/mol. The van der Waals surface area contributed by atoms with Crippen molar-refractivity contribution in [3.63, 3.8) is 0 Å². The van der Waals surface area contributed by atoms with Crippen LogP contribution in [0.5, 0.6) is 11.5 Å². The molecule has 0 bridgehead atoms. The Kier molecular flexibility index (Phi) is 3.16. The molecule has 0 aliphatic heterocycles. The van der Waals surface area contributed by atoms with Crippen molar-refractivity contribution in [1.82, 2.24) is 14.8 Å². The highest BCUT2D eigenvalue weighted by molar-refractivity contribution is 7.09. The van der Waals surface area contributed by atoms with Gasteiger partial charge in [0.15, 0.2) is 0 Å². The minimum Gasteiger partial charge on any atom is -0.497 e. The maximum atomic E-state index is 5.21. The molecule has 0 fully saturated rings. The monoisotopic (exact) mass is 238 g/mol. The highest BCUT2D eigenvalue weighted by Gasteiger charge is 2.07. The maximum Gasteiger partial charge on any atom is 0.229 e. The van der Waals surface area contributed by atoms with E-state index in [0.29, 0.717) is 10.9 Å². The number of hydrogen-bond donors (Lipinski definition) is 1. The van der Waals surface area contributed by atoms with Crippen LogP contribution in [0.15, 0.2) is 18.2 Å². The molecule has 0 amide bonds. The van der Waals surface area contributed by atoms with E-state index in [4.69, 9.17) is 9.47 Å². The molecule has 0 saturated carbocycles. The fourth-order valence-corrected chi connectivity index (χ4v) is 1.59. The Hall–Kier alpha value is -1.89. The second kappa shape index (κ2) is 4.75. The molecule has 0 spiro atoms. The summed E-state index contributed by atoms with van der Waals surface area (Å²) in [4.78, 5) is 0. The Labute approximate surface area is 96.4 Å². The molecule has 0 aliphatic carbocycles. The molecule has 1 N–H and O–H groups in total. The summed E-state index contributed by atoms with van der Waals surface area (Å²) < 4.78 is 14.0. The molecule has 2 rings (SSSR count). The number of benzene rings is 1. The number of anilines is 2. The van der Waals surface area contributed by atoms with Crippen molar-refractivity contribution < 1.29 is 9.47 Å². The summed E-state index contributed by atoms with van der Waals surface area (Å²) in [5.74, 6) is 1.44. The van der Waals surface area contributed by atoms with Gasteiger partial charge in [0.2, 0.25) is 5.13 Å². The summed E-state index contributed by atoms with van der Waals surface area (Å²) in [7, 11) is 3.21. The molecule has 16 heavy (non-hydrogen) atoms. The van der Waals surface area contributed by atoms with Gasteiger partial charge in [0.25, 0.3) is 0 Å². The Balaban J connectivity index is 2.30. The minimum atomic E-state index is 0.603. The molecular formula is C9H10N4O2S. The molecule has 0 unspecified atom stereocenters. The van der Waals surface area contributed by atoms with E-state index >= 15 is 0 Å². The van der Waals surface area contributed by atoms with Crippen molar-refractivity contribution in [2.75, 3.05) is 19.5 Å². The zero-order valence-electron chi connectivity index (χ0n) is 8.80. The van der Waals surface area contributed by atoms with E-state index in [0.717, 1.165) is 11.4 Å². The van der Waals surface area contributed by atoms with Gasteiger partial charge in [-0.1, -0.05) is 9.59 Å². The number of rotatable bonds is 4. The molecule has 7 heteroatoms. The highest BCUT2D eigenvalue weighted by Crippen LogP contribution is 2.31. The zero-order chi connectivity index (χ0) is 11.4. The molecule has 0 atom stereocenters. The van der Waals surface area contributed by atoms with Crippen molar-refractivity contribution in [2.45, 2.75) is 0 Å². The van der Waals surface area contributed by atoms with Gasteiger partial charge in [-0.05, 0) is 17.3 Å². The van der Waals surface area contributed by atoms with E-state index in [-0.39, 0.29) is 0 Å². The third kappa shape index (κ3) is 2.19. The van der Waals surface area contributed by atoms with Crippen LogP contribution in [0.3, 0.4) is 0 Å².